The molecule has 0 amide bonds. The van der Waals surface area contributed by atoms with Crippen LogP contribution in [0, 0.1) is 5.82 Å². The van der Waals surface area contributed by atoms with E-state index in [2.05, 4.69) is 22.5 Å². The van der Waals surface area contributed by atoms with Crippen LogP contribution in [0.5, 0.6) is 0 Å². The van der Waals surface area contributed by atoms with Crippen molar-refractivity contribution in [1.82, 2.24) is 0 Å². The lowest BCUT2D eigenvalue weighted by Crippen LogP contribution is -2.10. The van der Waals surface area contributed by atoms with Gasteiger partial charge in [-0.25, -0.2) is 4.39 Å². The van der Waals surface area contributed by atoms with Crippen LogP contribution in [0.3, 0.4) is 0 Å². The third-order valence-corrected chi connectivity index (χ3v) is 3.19. The Hall–Kier alpha value is -0.670. The van der Waals surface area contributed by atoms with Crippen molar-refractivity contribution in [3.8, 4) is 0 Å². The number of unbranched alkanes of at least 4 members (excludes halogenated alkanes) is 3. The summed E-state index contributed by atoms with van der Waals surface area (Å²) in [6.45, 7) is 3.69. The van der Waals surface area contributed by atoms with Crippen LogP contribution in [0.25, 0.3) is 0 Å². The van der Waals surface area contributed by atoms with Gasteiger partial charge < -0.3 is 5.73 Å². The molecule has 0 spiro atoms. The standard InChI is InChI=1S/C14H19BrFN/c1-2-3-4-5-6-7-14(17)11-8-12(15)10-13(16)9-11/h2,8-10,14H,1,3-7,17H2. The Morgan fingerprint density at radius 3 is 2.71 bits per heavy atom. The normalized spacial score (nSPS) is 12.4. The molecule has 1 rings (SSSR count). The zero-order chi connectivity index (χ0) is 12.7. The van der Waals surface area contributed by atoms with Crippen LogP contribution in [0.15, 0.2) is 35.3 Å². The zero-order valence-corrected chi connectivity index (χ0v) is 11.5. The molecule has 0 aliphatic rings. The number of halogens is 2. The van der Waals surface area contributed by atoms with Gasteiger partial charge in [0.15, 0.2) is 0 Å². The summed E-state index contributed by atoms with van der Waals surface area (Å²) in [6, 6.07) is 4.77. The first kappa shape index (κ1) is 14.4. The minimum atomic E-state index is -0.239. The molecule has 1 atom stereocenters. The van der Waals surface area contributed by atoms with Crippen LogP contribution in [-0.4, -0.2) is 0 Å². The zero-order valence-electron chi connectivity index (χ0n) is 9.96. The second kappa shape index (κ2) is 7.62. The van der Waals surface area contributed by atoms with E-state index in [9.17, 15) is 4.39 Å². The van der Waals surface area contributed by atoms with Crippen molar-refractivity contribution >= 4 is 15.9 Å². The van der Waals surface area contributed by atoms with Crippen molar-refractivity contribution in [1.29, 1.82) is 0 Å². The number of allylic oxidation sites excluding steroid dienone is 1. The topological polar surface area (TPSA) is 26.0 Å². The third kappa shape index (κ3) is 5.46. The van der Waals surface area contributed by atoms with Crippen LogP contribution in [0.4, 0.5) is 4.39 Å². The van der Waals surface area contributed by atoms with Gasteiger partial charge in [-0.1, -0.05) is 34.8 Å². The summed E-state index contributed by atoms with van der Waals surface area (Å²) >= 11 is 3.28. The lowest BCUT2D eigenvalue weighted by Gasteiger charge is -2.12. The molecule has 0 aliphatic heterocycles. The quantitative estimate of drug-likeness (QED) is 0.572. The number of hydrogen-bond acceptors (Lipinski definition) is 1. The van der Waals surface area contributed by atoms with Gasteiger partial charge in [-0.15, -0.1) is 6.58 Å². The molecule has 0 heterocycles. The Morgan fingerprint density at radius 1 is 1.29 bits per heavy atom. The van der Waals surface area contributed by atoms with Crippen molar-refractivity contribution < 1.29 is 4.39 Å². The minimum Gasteiger partial charge on any atom is -0.324 e. The molecule has 94 valence electrons. The maximum atomic E-state index is 13.2. The first-order chi connectivity index (χ1) is 8.13. The summed E-state index contributed by atoms with van der Waals surface area (Å²) in [6.07, 6.45) is 7.26. The first-order valence-electron chi connectivity index (χ1n) is 5.96. The molecule has 17 heavy (non-hydrogen) atoms. The van der Waals surface area contributed by atoms with E-state index >= 15 is 0 Å². The van der Waals surface area contributed by atoms with Crippen LogP contribution >= 0.6 is 15.9 Å². The fourth-order valence-electron chi connectivity index (χ4n) is 1.79. The Bertz CT molecular complexity index is 345. The van der Waals surface area contributed by atoms with Crippen molar-refractivity contribution in [3.05, 3.63) is 46.7 Å². The monoisotopic (exact) mass is 299 g/mol. The van der Waals surface area contributed by atoms with Crippen LogP contribution < -0.4 is 5.73 Å². The van der Waals surface area contributed by atoms with Gasteiger partial charge in [0.05, 0.1) is 0 Å². The number of benzene rings is 1. The molecule has 1 aromatic carbocycles. The predicted molar refractivity (Wildman–Crippen MR) is 74.3 cm³/mol. The summed E-state index contributed by atoms with van der Waals surface area (Å²) in [7, 11) is 0. The van der Waals surface area contributed by atoms with Gasteiger partial charge in [-0.3, -0.25) is 0 Å². The number of hydrogen-bond donors (Lipinski definition) is 1. The van der Waals surface area contributed by atoms with Gasteiger partial charge >= 0.3 is 0 Å². The SMILES string of the molecule is C=CCCCCCC(N)c1cc(F)cc(Br)c1. The molecular formula is C14H19BrFN. The lowest BCUT2D eigenvalue weighted by atomic mass is 10.0. The Balaban J connectivity index is 2.40. The second-order valence-electron chi connectivity index (χ2n) is 4.24. The molecule has 0 bridgehead atoms. The molecule has 0 aliphatic carbocycles. The number of nitrogens with two attached hydrogens (primary N) is 1. The average molecular weight is 300 g/mol. The van der Waals surface area contributed by atoms with Crippen molar-refractivity contribution in [2.75, 3.05) is 0 Å². The highest BCUT2D eigenvalue weighted by atomic mass is 79.9. The smallest absolute Gasteiger partial charge is 0.124 e. The first-order valence-corrected chi connectivity index (χ1v) is 6.75. The Morgan fingerprint density at radius 2 is 2.06 bits per heavy atom. The van der Waals surface area contributed by atoms with Gasteiger partial charge in [0.25, 0.3) is 0 Å². The van der Waals surface area contributed by atoms with Crippen LogP contribution in [0.1, 0.15) is 43.7 Å². The van der Waals surface area contributed by atoms with E-state index in [-0.39, 0.29) is 11.9 Å². The molecule has 0 aromatic heterocycles. The molecule has 0 fully saturated rings. The van der Waals surface area contributed by atoms with E-state index in [0.717, 1.165) is 42.1 Å². The van der Waals surface area contributed by atoms with Crippen molar-refractivity contribution in [2.24, 2.45) is 5.73 Å². The van der Waals surface area contributed by atoms with Gasteiger partial charge in [-0.05, 0) is 43.0 Å². The fourth-order valence-corrected chi connectivity index (χ4v) is 2.27. The fraction of sp³-hybridized carbons (Fsp3) is 0.429. The van der Waals surface area contributed by atoms with E-state index in [1.165, 1.54) is 12.1 Å². The van der Waals surface area contributed by atoms with E-state index in [1.807, 2.05) is 12.1 Å². The van der Waals surface area contributed by atoms with E-state index in [4.69, 9.17) is 5.73 Å². The third-order valence-electron chi connectivity index (χ3n) is 2.74. The van der Waals surface area contributed by atoms with E-state index in [1.54, 1.807) is 0 Å². The highest BCUT2D eigenvalue weighted by molar-refractivity contribution is 9.10. The molecule has 3 heteroatoms. The molecular weight excluding hydrogens is 281 g/mol. The molecule has 1 nitrogen and oxygen atoms in total. The molecule has 1 aromatic rings. The molecule has 0 radical (unpaired) electrons. The molecule has 1 unspecified atom stereocenters. The maximum Gasteiger partial charge on any atom is 0.124 e. The highest BCUT2D eigenvalue weighted by Gasteiger charge is 2.08. The van der Waals surface area contributed by atoms with Crippen LogP contribution in [-0.2, 0) is 0 Å². The van der Waals surface area contributed by atoms with Crippen molar-refractivity contribution in [3.63, 3.8) is 0 Å². The molecule has 0 saturated carbocycles. The largest absolute Gasteiger partial charge is 0.324 e. The van der Waals surface area contributed by atoms with Gasteiger partial charge in [0.2, 0.25) is 0 Å². The van der Waals surface area contributed by atoms with Crippen molar-refractivity contribution in [2.45, 2.75) is 38.1 Å². The minimum absolute atomic E-state index is 0.0780. The summed E-state index contributed by atoms with van der Waals surface area (Å²) in [5.74, 6) is -0.239. The Kier molecular flexibility index (Phi) is 6.45. The average Bonchev–Trinajstić information content (AvgIpc) is 2.27. The summed E-state index contributed by atoms with van der Waals surface area (Å²) in [4.78, 5) is 0. The van der Waals surface area contributed by atoms with E-state index in [0.29, 0.717) is 0 Å². The van der Waals surface area contributed by atoms with Crippen LogP contribution in [0.2, 0.25) is 0 Å². The van der Waals surface area contributed by atoms with Gasteiger partial charge in [0, 0.05) is 10.5 Å². The number of rotatable bonds is 7. The van der Waals surface area contributed by atoms with E-state index < -0.39 is 0 Å². The summed E-state index contributed by atoms with van der Waals surface area (Å²) in [5.41, 5.74) is 6.90. The second-order valence-corrected chi connectivity index (χ2v) is 5.15. The summed E-state index contributed by atoms with van der Waals surface area (Å²) in [5, 5.41) is 0. The lowest BCUT2D eigenvalue weighted by molar-refractivity contribution is 0.565. The summed E-state index contributed by atoms with van der Waals surface area (Å²) < 4.78 is 13.9. The highest BCUT2D eigenvalue weighted by Crippen LogP contribution is 2.22. The molecule has 2 N–H and O–H groups in total. The van der Waals surface area contributed by atoms with Gasteiger partial charge in [0.1, 0.15) is 5.82 Å². The Labute approximate surface area is 111 Å². The van der Waals surface area contributed by atoms with Gasteiger partial charge in [-0.2, -0.15) is 0 Å². The predicted octanol–water partition coefficient (Wildman–Crippen LogP) is 4.72. The maximum absolute atomic E-state index is 13.2. The molecule has 0 saturated heterocycles.